The van der Waals surface area contributed by atoms with Gasteiger partial charge in [-0.25, -0.2) is 0 Å². The Balaban J connectivity index is 1.62. The molecule has 0 saturated heterocycles. The largest absolute Gasteiger partial charge is 0.411 e. The standard InChI is InChI=1S/C15H14N4O3S/c1-9-8-12(19-22-9)16-13(20)10(2)23-15-18-17-14(21-15)11-6-4-3-5-7-11/h3-8,10H,1-2H3,(H,16,19,20)/t10-/m1/s1. The lowest BCUT2D eigenvalue weighted by Gasteiger charge is -2.06. The van der Waals surface area contributed by atoms with Gasteiger partial charge in [-0.2, -0.15) is 0 Å². The Hall–Kier alpha value is -2.61. The van der Waals surface area contributed by atoms with E-state index in [9.17, 15) is 4.79 Å². The second-order valence-electron chi connectivity index (χ2n) is 4.81. The summed E-state index contributed by atoms with van der Waals surface area (Å²) < 4.78 is 10.5. The third-order valence-electron chi connectivity index (χ3n) is 2.95. The number of carbonyl (C=O) groups excluding carboxylic acids is 1. The average molecular weight is 330 g/mol. The molecule has 0 bridgehead atoms. The van der Waals surface area contributed by atoms with E-state index in [0.29, 0.717) is 22.7 Å². The summed E-state index contributed by atoms with van der Waals surface area (Å²) >= 11 is 1.18. The summed E-state index contributed by atoms with van der Waals surface area (Å²) in [6.45, 7) is 3.50. The maximum absolute atomic E-state index is 12.1. The molecule has 3 aromatic rings. The zero-order chi connectivity index (χ0) is 16.2. The highest BCUT2D eigenvalue weighted by Gasteiger charge is 2.19. The highest BCUT2D eigenvalue weighted by molar-refractivity contribution is 8.00. The lowest BCUT2D eigenvalue weighted by Crippen LogP contribution is -2.22. The van der Waals surface area contributed by atoms with E-state index in [-0.39, 0.29) is 5.91 Å². The number of carbonyl (C=O) groups is 1. The highest BCUT2D eigenvalue weighted by atomic mass is 32.2. The molecule has 3 rings (SSSR count). The average Bonchev–Trinajstić information content (AvgIpc) is 3.17. The number of aromatic nitrogens is 3. The van der Waals surface area contributed by atoms with Gasteiger partial charge in [-0.1, -0.05) is 35.1 Å². The minimum atomic E-state index is -0.420. The van der Waals surface area contributed by atoms with Crippen LogP contribution in [-0.4, -0.2) is 26.5 Å². The number of anilines is 1. The molecule has 1 aromatic carbocycles. The molecule has 0 spiro atoms. The van der Waals surface area contributed by atoms with Gasteiger partial charge < -0.3 is 14.3 Å². The molecular weight excluding hydrogens is 316 g/mol. The summed E-state index contributed by atoms with van der Waals surface area (Å²) in [5.74, 6) is 1.22. The first-order valence-corrected chi connectivity index (χ1v) is 7.79. The van der Waals surface area contributed by atoms with Gasteiger partial charge in [-0.3, -0.25) is 4.79 Å². The van der Waals surface area contributed by atoms with Crippen molar-refractivity contribution in [1.82, 2.24) is 15.4 Å². The Bertz CT molecular complexity index is 800. The van der Waals surface area contributed by atoms with Crippen LogP contribution in [0.4, 0.5) is 5.82 Å². The Morgan fingerprint density at radius 3 is 2.74 bits per heavy atom. The third kappa shape index (κ3) is 3.78. The number of nitrogens with one attached hydrogen (secondary N) is 1. The van der Waals surface area contributed by atoms with E-state index in [0.717, 1.165) is 5.56 Å². The van der Waals surface area contributed by atoms with Crippen LogP contribution in [0.2, 0.25) is 0 Å². The molecule has 1 amide bonds. The van der Waals surface area contributed by atoms with Crippen LogP contribution < -0.4 is 5.32 Å². The summed E-state index contributed by atoms with van der Waals surface area (Å²) in [5, 5.41) is 14.3. The van der Waals surface area contributed by atoms with Gasteiger partial charge >= 0.3 is 0 Å². The normalized spacial score (nSPS) is 12.1. The highest BCUT2D eigenvalue weighted by Crippen LogP contribution is 2.26. The molecule has 0 radical (unpaired) electrons. The predicted molar refractivity (Wildman–Crippen MR) is 84.9 cm³/mol. The first-order valence-electron chi connectivity index (χ1n) is 6.91. The van der Waals surface area contributed by atoms with Crippen molar-refractivity contribution in [2.75, 3.05) is 5.32 Å². The van der Waals surface area contributed by atoms with E-state index in [2.05, 4.69) is 20.7 Å². The number of hydrogen-bond acceptors (Lipinski definition) is 7. The minimum absolute atomic E-state index is 0.220. The Kier molecular flexibility index (Phi) is 4.42. The van der Waals surface area contributed by atoms with Gasteiger partial charge in [0, 0.05) is 11.6 Å². The van der Waals surface area contributed by atoms with Gasteiger partial charge in [-0.15, -0.1) is 10.2 Å². The monoisotopic (exact) mass is 330 g/mol. The molecule has 0 saturated carbocycles. The fraction of sp³-hybridized carbons (Fsp3) is 0.200. The van der Waals surface area contributed by atoms with Crippen molar-refractivity contribution in [1.29, 1.82) is 0 Å². The lowest BCUT2D eigenvalue weighted by molar-refractivity contribution is -0.115. The van der Waals surface area contributed by atoms with Crippen LogP contribution in [0.3, 0.4) is 0 Å². The molecule has 0 unspecified atom stereocenters. The van der Waals surface area contributed by atoms with Gasteiger partial charge in [0.1, 0.15) is 5.76 Å². The van der Waals surface area contributed by atoms with Crippen molar-refractivity contribution in [3.63, 3.8) is 0 Å². The van der Waals surface area contributed by atoms with Gasteiger partial charge in [-0.05, 0) is 26.0 Å². The van der Waals surface area contributed by atoms with E-state index >= 15 is 0 Å². The Morgan fingerprint density at radius 1 is 1.26 bits per heavy atom. The van der Waals surface area contributed by atoms with E-state index < -0.39 is 5.25 Å². The van der Waals surface area contributed by atoms with Crippen molar-refractivity contribution in [3.8, 4) is 11.5 Å². The summed E-state index contributed by atoms with van der Waals surface area (Å²) in [6.07, 6.45) is 0. The first-order chi connectivity index (χ1) is 11.1. The van der Waals surface area contributed by atoms with Crippen LogP contribution in [0, 0.1) is 6.92 Å². The number of hydrogen-bond donors (Lipinski definition) is 1. The molecule has 0 fully saturated rings. The number of aryl methyl sites for hydroxylation is 1. The number of nitrogens with zero attached hydrogens (tertiary/aromatic N) is 3. The fourth-order valence-electron chi connectivity index (χ4n) is 1.81. The van der Waals surface area contributed by atoms with Gasteiger partial charge in [0.05, 0.1) is 5.25 Å². The molecule has 2 heterocycles. The minimum Gasteiger partial charge on any atom is -0.411 e. The number of rotatable bonds is 5. The van der Waals surface area contributed by atoms with Crippen molar-refractivity contribution in [2.45, 2.75) is 24.3 Å². The summed E-state index contributed by atoms with van der Waals surface area (Å²) in [5.41, 5.74) is 0.835. The first kappa shape index (κ1) is 15.3. The smallest absolute Gasteiger partial charge is 0.277 e. The van der Waals surface area contributed by atoms with Crippen LogP contribution in [-0.2, 0) is 4.79 Å². The molecule has 1 N–H and O–H groups in total. The maximum Gasteiger partial charge on any atom is 0.277 e. The molecule has 7 nitrogen and oxygen atoms in total. The molecular formula is C15H14N4O3S. The van der Waals surface area contributed by atoms with E-state index in [1.54, 1.807) is 19.9 Å². The Morgan fingerprint density at radius 2 is 2.04 bits per heavy atom. The van der Waals surface area contributed by atoms with E-state index in [1.165, 1.54) is 11.8 Å². The summed E-state index contributed by atoms with van der Waals surface area (Å²) in [6, 6.07) is 11.1. The second-order valence-corrected chi connectivity index (χ2v) is 6.10. The molecule has 118 valence electrons. The molecule has 1 atom stereocenters. The predicted octanol–water partition coefficient (Wildman–Crippen LogP) is 3.15. The van der Waals surface area contributed by atoms with E-state index in [1.807, 2.05) is 30.3 Å². The molecule has 23 heavy (non-hydrogen) atoms. The van der Waals surface area contributed by atoms with Crippen molar-refractivity contribution >= 4 is 23.5 Å². The van der Waals surface area contributed by atoms with Crippen LogP contribution in [0.25, 0.3) is 11.5 Å². The van der Waals surface area contributed by atoms with Crippen LogP contribution in [0.1, 0.15) is 12.7 Å². The molecule has 8 heteroatoms. The second kappa shape index (κ2) is 6.66. The lowest BCUT2D eigenvalue weighted by atomic mass is 10.2. The van der Waals surface area contributed by atoms with Crippen LogP contribution >= 0.6 is 11.8 Å². The fourth-order valence-corrected chi connectivity index (χ4v) is 2.50. The number of amides is 1. The molecule has 0 aliphatic rings. The third-order valence-corrected chi connectivity index (χ3v) is 3.89. The zero-order valence-electron chi connectivity index (χ0n) is 12.5. The van der Waals surface area contributed by atoms with E-state index in [4.69, 9.17) is 8.94 Å². The van der Waals surface area contributed by atoms with Gasteiger partial charge in [0.2, 0.25) is 11.8 Å². The van der Waals surface area contributed by atoms with Crippen molar-refractivity contribution in [2.24, 2.45) is 0 Å². The van der Waals surface area contributed by atoms with Crippen LogP contribution in [0.5, 0.6) is 0 Å². The molecule has 0 aliphatic heterocycles. The van der Waals surface area contributed by atoms with Crippen molar-refractivity contribution < 1.29 is 13.7 Å². The van der Waals surface area contributed by atoms with Gasteiger partial charge in [0.15, 0.2) is 5.82 Å². The van der Waals surface area contributed by atoms with Crippen LogP contribution in [0.15, 0.2) is 50.6 Å². The Labute approximate surface area is 136 Å². The zero-order valence-corrected chi connectivity index (χ0v) is 13.3. The summed E-state index contributed by atoms with van der Waals surface area (Å²) in [4.78, 5) is 12.1. The SMILES string of the molecule is Cc1cc(NC(=O)[C@@H](C)Sc2nnc(-c3ccccc3)o2)no1. The maximum atomic E-state index is 12.1. The number of thioether (sulfide) groups is 1. The number of benzene rings is 1. The topological polar surface area (TPSA) is 94.1 Å². The molecule has 0 aliphatic carbocycles. The summed E-state index contributed by atoms with van der Waals surface area (Å²) in [7, 11) is 0. The quantitative estimate of drug-likeness (QED) is 0.718. The molecule has 2 aromatic heterocycles. The van der Waals surface area contributed by atoms with Crippen molar-refractivity contribution in [3.05, 3.63) is 42.2 Å². The van der Waals surface area contributed by atoms with Gasteiger partial charge in [0.25, 0.3) is 5.22 Å².